The Morgan fingerprint density at radius 2 is 2.08 bits per heavy atom. The number of oxime groups is 1. The van der Waals surface area contributed by atoms with Gasteiger partial charge in [-0.15, -0.1) is 0 Å². The van der Waals surface area contributed by atoms with Crippen LogP contribution in [0.2, 0.25) is 0 Å². The van der Waals surface area contributed by atoms with E-state index < -0.39 is 15.5 Å². The molecule has 0 unspecified atom stereocenters. The second-order valence-electron chi connectivity index (χ2n) is 3.06. The van der Waals surface area contributed by atoms with Gasteiger partial charge < -0.3 is 4.84 Å². The molecule has 1 aliphatic rings. The zero-order valence-electron chi connectivity index (χ0n) is 6.72. The van der Waals surface area contributed by atoms with Gasteiger partial charge in [-0.05, 0) is 13.8 Å². The van der Waals surface area contributed by atoms with E-state index in [0.717, 1.165) is 0 Å². The Morgan fingerprint density at radius 3 is 2.42 bits per heavy atom. The first kappa shape index (κ1) is 10.1. The van der Waals surface area contributed by atoms with E-state index in [4.69, 9.17) is 18.5 Å². The van der Waals surface area contributed by atoms with E-state index in [9.17, 15) is 0 Å². The topological polar surface area (TPSA) is 82.3 Å². The quantitative estimate of drug-likeness (QED) is 0.582. The largest absolute Gasteiger partial charge is 0.389 e. The van der Waals surface area contributed by atoms with Crippen LogP contribution >= 0.6 is 20.7 Å². The molecule has 0 saturated heterocycles. The van der Waals surface area contributed by atoms with Crippen LogP contribution in [0.5, 0.6) is 0 Å². The maximum atomic E-state index is 8.67. The molecular formula is C5H11NO4S2. The zero-order chi connectivity index (χ0) is 9.41. The van der Waals surface area contributed by atoms with E-state index in [1.807, 2.05) is 13.8 Å². The highest BCUT2D eigenvalue weighted by atomic mass is 33.2. The van der Waals surface area contributed by atoms with Gasteiger partial charge in [0.05, 0.1) is 0 Å². The Morgan fingerprint density at radius 1 is 1.50 bits per heavy atom. The summed E-state index contributed by atoms with van der Waals surface area (Å²) in [5.41, 5.74) is -0.410. The average Bonchev–Trinajstić information content (AvgIpc) is 2.05. The Kier molecular flexibility index (Phi) is 2.60. The Bertz CT molecular complexity index is 210. The first-order valence-electron chi connectivity index (χ1n) is 3.24. The van der Waals surface area contributed by atoms with Crippen LogP contribution in [-0.4, -0.2) is 24.3 Å². The van der Waals surface area contributed by atoms with Crippen molar-refractivity contribution < 1.29 is 18.5 Å². The Balaban J connectivity index is 2.48. The summed E-state index contributed by atoms with van der Waals surface area (Å²) in [6, 6.07) is 0. The molecule has 1 rings (SSSR count). The molecular weight excluding hydrogens is 202 g/mol. The van der Waals surface area contributed by atoms with Crippen LogP contribution in [0.15, 0.2) is 5.16 Å². The lowest BCUT2D eigenvalue weighted by molar-refractivity contribution is 0.0123. The summed E-state index contributed by atoms with van der Waals surface area (Å²) in [6.07, 6.45) is 0.480. The van der Waals surface area contributed by atoms with Crippen molar-refractivity contribution in [1.82, 2.24) is 0 Å². The second kappa shape index (κ2) is 3.08. The van der Waals surface area contributed by atoms with Crippen LogP contribution in [0.1, 0.15) is 20.3 Å². The summed E-state index contributed by atoms with van der Waals surface area (Å²) in [4.78, 5) is 4.95. The van der Waals surface area contributed by atoms with E-state index in [0.29, 0.717) is 22.3 Å². The molecule has 0 amide bonds. The maximum Gasteiger partial charge on any atom is 0.146 e. The molecule has 1 heterocycles. The third-order valence-corrected chi connectivity index (χ3v) is 3.06. The zero-order valence-corrected chi connectivity index (χ0v) is 8.35. The minimum absolute atomic E-state index is 0.405. The summed E-state index contributed by atoms with van der Waals surface area (Å²) in [5, 5.41) is 4.00. The van der Waals surface area contributed by atoms with E-state index in [2.05, 4.69) is 5.16 Å². The summed E-state index contributed by atoms with van der Waals surface area (Å²) in [5.74, 6) is 0. The van der Waals surface area contributed by atoms with Crippen molar-refractivity contribution in [3.8, 4) is 0 Å². The molecule has 5 nitrogen and oxygen atoms in total. The molecule has 7 heteroatoms. The van der Waals surface area contributed by atoms with Crippen LogP contribution in [0.4, 0.5) is 0 Å². The van der Waals surface area contributed by atoms with Gasteiger partial charge in [-0.3, -0.25) is 13.7 Å². The molecule has 0 aliphatic carbocycles. The molecule has 0 saturated carbocycles. The van der Waals surface area contributed by atoms with E-state index >= 15 is 0 Å². The normalized spacial score (nSPS) is 23.2. The van der Waals surface area contributed by atoms with E-state index in [1.54, 1.807) is 0 Å². The number of hydrogen-bond donors (Lipinski definition) is 3. The second-order valence-corrected chi connectivity index (χ2v) is 6.48. The van der Waals surface area contributed by atoms with Crippen molar-refractivity contribution in [2.45, 2.75) is 25.9 Å². The van der Waals surface area contributed by atoms with Crippen molar-refractivity contribution in [2.75, 3.05) is 0 Å². The first-order valence-corrected chi connectivity index (χ1v) is 6.07. The molecule has 0 aromatic rings. The lowest BCUT2D eigenvalue weighted by Gasteiger charge is -2.17. The summed E-state index contributed by atoms with van der Waals surface area (Å²) in [7, 11) is -3.01. The van der Waals surface area contributed by atoms with Gasteiger partial charge in [-0.2, -0.15) is 0 Å². The van der Waals surface area contributed by atoms with Crippen LogP contribution < -0.4 is 0 Å². The molecule has 72 valence electrons. The lowest BCUT2D eigenvalue weighted by atomic mass is 10.1. The monoisotopic (exact) mass is 213 g/mol. The fourth-order valence-electron chi connectivity index (χ4n) is 0.777. The van der Waals surface area contributed by atoms with Crippen LogP contribution in [0.25, 0.3) is 0 Å². The third kappa shape index (κ3) is 3.20. The molecule has 3 N–H and O–H groups in total. The fraction of sp³-hybridized carbons (Fsp3) is 0.800. The van der Waals surface area contributed by atoms with Crippen LogP contribution in [-0.2, 0) is 4.84 Å². The van der Waals surface area contributed by atoms with Crippen molar-refractivity contribution in [2.24, 2.45) is 5.16 Å². The van der Waals surface area contributed by atoms with Crippen molar-refractivity contribution >= 4 is 25.7 Å². The Labute approximate surface area is 75.7 Å². The SMILES string of the molecule is CC1(C)CC(SS(O)(O)O)=NO1. The molecule has 0 aromatic carbocycles. The maximum absolute atomic E-state index is 8.67. The van der Waals surface area contributed by atoms with Gasteiger partial charge in [0, 0.05) is 17.2 Å². The van der Waals surface area contributed by atoms with Gasteiger partial charge in [0.15, 0.2) is 0 Å². The smallest absolute Gasteiger partial charge is 0.146 e. The molecule has 1 aliphatic heterocycles. The highest BCUT2D eigenvalue weighted by Gasteiger charge is 2.32. The predicted octanol–water partition coefficient (Wildman–Crippen LogP) is 2.37. The minimum atomic E-state index is -3.55. The molecule has 0 atom stereocenters. The molecule has 0 spiro atoms. The van der Waals surface area contributed by atoms with Gasteiger partial charge >= 0.3 is 0 Å². The third-order valence-electron chi connectivity index (χ3n) is 1.18. The number of hydrogen-bond acceptors (Lipinski definition) is 6. The fourth-order valence-corrected chi connectivity index (χ4v) is 2.55. The first-order chi connectivity index (χ1) is 5.29. The van der Waals surface area contributed by atoms with Gasteiger partial charge in [0.1, 0.15) is 20.5 Å². The molecule has 0 radical (unpaired) electrons. The lowest BCUT2D eigenvalue weighted by Crippen LogP contribution is -2.18. The van der Waals surface area contributed by atoms with Crippen LogP contribution in [0, 0.1) is 0 Å². The van der Waals surface area contributed by atoms with E-state index in [1.165, 1.54) is 0 Å². The molecule has 0 aromatic heterocycles. The highest BCUT2D eigenvalue weighted by molar-refractivity contribution is 8.91. The van der Waals surface area contributed by atoms with Gasteiger partial charge in [-0.1, -0.05) is 5.16 Å². The Hall–Kier alpha value is 0.0500. The van der Waals surface area contributed by atoms with Crippen molar-refractivity contribution in [3.05, 3.63) is 0 Å². The van der Waals surface area contributed by atoms with Gasteiger partial charge in [0.2, 0.25) is 0 Å². The summed E-state index contributed by atoms with van der Waals surface area (Å²) < 4.78 is 26.0. The van der Waals surface area contributed by atoms with Gasteiger partial charge in [0.25, 0.3) is 0 Å². The molecule has 0 fully saturated rings. The van der Waals surface area contributed by atoms with Crippen molar-refractivity contribution in [1.29, 1.82) is 0 Å². The summed E-state index contributed by atoms with van der Waals surface area (Å²) >= 11 is 0. The minimum Gasteiger partial charge on any atom is -0.389 e. The molecule has 12 heavy (non-hydrogen) atoms. The molecule has 0 bridgehead atoms. The van der Waals surface area contributed by atoms with Crippen LogP contribution in [0.3, 0.4) is 0 Å². The van der Waals surface area contributed by atoms with E-state index in [-0.39, 0.29) is 0 Å². The number of rotatable bonds is 1. The highest BCUT2D eigenvalue weighted by Crippen LogP contribution is 2.51. The summed E-state index contributed by atoms with van der Waals surface area (Å²) in [6.45, 7) is 3.65. The van der Waals surface area contributed by atoms with Gasteiger partial charge in [-0.25, -0.2) is 0 Å². The predicted molar refractivity (Wildman–Crippen MR) is 50.3 cm³/mol. The number of nitrogens with zero attached hydrogens (tertiary/aromatic N) is 1. The van der Waals surface area contributed by atoms with Crippen molar-refractivity contribution in [3.63, 3.8) is 0 Å². The standard InChI is InChI=1S/C5H11NO4S2/c1-5(2)3-4(6-10-5)11-12(7,8)9/h7-9H,3H2,1-2H3. The average molecular weight is 213 g/mol.